The van der Waals surface area contributed by atoms with Crippen LogP contribution in [0, 0.1) is 11.8 Å². The maximum Gasteiger partial charge on any atom is 0.325 e. The van der Waals surface area contributed by atoms with Crippen molar-refractivity contribution in [3.63, 3.8) is 0 Å². The van der Waals surface area contributed by atoms with Crippen LogP contribution >= 0.6 is 11.6 Å². The number of carbonyl (C=O) groups excluding carboxylic acids is 3. The highest BCUT2D eigenvalue weighted by Gasteiger charge is 2.45. The van der Waals surface area contributed by atoms with Crippen molar-refractivity contribution in [1.82, 2.24) is 0 Å². The van der Waals surface area contributed by atoms with E-state index >= 15 is 0 Å². The van der Waals surface area contributed by atoms with Crippen LogP contribution in [0.3, 0.4) is 0 Å². The summed E-state index contributed by atoms with van der Waals surface area (Å²) in [6, 6.07) is 2.43. The van der Waals surface area contributed by atoms with Crippen molar-refractivity contribution in [2.45, 2.75) is 58.0 Å². The minimum Gasteiger partial charge on any atom is -0.491 e. The van der Waals surface area contributed by atoms with Gasteiger partial charge in [-0.25, -0.2) is 8.42 Å². The first-order valence-electron chi connectivity index (χ1n) is 9.82. The first-order chi connectivity index (χ1) is 13.8. The van der Waals surface area contributed by atoms with Gasteiger partial charge < -0.3 is 9.47 Å². The first-order valence-corrected chi connectivity index (χ1v) is 11.9. The van der Waals surface area contributed by atoms with Crippen molar-refractivity contribution in [2.24, 2.45) is 11.8 Å². The number of esters is 1. The number of ether oxygens (including phenoxy) is 2. The van der Waals surface area contributed by atoms with Gasteiger partial charge in [0.15, 0.2) is 33.1 Å². The van der Waals surface area contributed by atoms with E-state index < -0.39 is 38.9 Å². The Labute approximate surface area is 182 Å². The molecule has 30 heavy (non-hydrogen) atoms. The molecule has 1 aromatic carbocycles. The van der Waals surface area contributed by atoms with Crippen molar-refractivity contribution >= 4 is 39.0 Å². The molecule has 7 nitrogen and oxygen atoms in total. The molecule has 1 unspecified atom stereocenters. The molecule has 1 aromatic rings. The molecule has 1 aliphatic carbocycles. The van der Waals surface area contributed by atoms with Crippen molar-refractivity contribution in [1.29, 1.82) is 0 Å². The second-order valence-corrected chi connectivity index (χ2v) is 10.7. The van der Waals surface area contributed by atoms with Crippen LogP contribution in [-0.4, -0.2) is 43.9 Å². The molecule has 0 bridgehead atoms. The highest BCUT2D eigenvalue weighted by Crippen LogP contribution is 2.39. The van der Waals surface area contributed by atoms with Gasteiger partial charge in [0.1, 0.15) is 10.5 Å². The van der Waals surface area contributed by atoms with Gasteiger partial charge in [-0.3, -0.25) is 14.4 Å². The maximum absolute atomic E-state index is 13.2. The third-order valence-corrected chi connectivity index (χ3v) is 6.63. The van der Waals surface area contributed by atoms with Gasteiger partial charge in [-0.15, -0.1) is 0 Å². The van der Waals surface area contributed by atoms with Gasteiger partial charge in [-0.1, -0.05) is 18.5 Å². The maximum atomic E-state index is 13.2. The van der Waals surface area contributed by atoms with E-state index in [1.54, 1.807) is 27.7 Å². The molecular weight excluding hydrogens is 432 g/mol. The van der Waals surface area contributed by atoms with E-state index in [0.29, 0.717) is 12.8 Å². The Morgan fingerprint density at radius 1 is 1.17 bits per heavy atom. The zero-order valence-corrected chi connectivity index (χ0v) is 19.4. The van der Waals surface area contributed by atoms with Crippen molar-refractivity contribution in [3.8, 4) is 5.75 Å². The molecule has 9 heteroatoms. The fourth-order valence-electron chi connectivity index (χ4n) is 2.88. The Kier molecular flexibility index (Phi) is 7.35. The number of rotatable bonds is 9. The number of Topliss-reactive ketones (excluding diaryl/α,β-unsaturated/α-hetero) is 2. The van der Waals surface area contributed by atoms with Gasteiger partial charge in [0.2, 0.25) is 0 Å². The van der Waals surface area contributed by atoms with E-state index in [9.17, 15) is 22.8 Å². The average molecular weight is 459 g/mol. The minimum atomic E-state index is -3.68. The predicted octanol–water partition coefficient (Wildman–Crippen LogP) is 3.65. The molecule has 0 radical (unpaired) electrons. The highest BCUT2D eigenvalue weighted by atomic mass is 35.5. The SMILES string of the molecule is CCOc1c(S(=O)(=O)CC)ccc(C(=O)C(C(=O)OC(C)(C)C)C(=O)C2CC2)c1Cl. The Morgan fingerprint density at radius 2 is 1.77 bits per heavy atom. The lowest BCUT2D eigenvalue weighted by atomic mass is 9.91. The molecule has 0 heterocycles. The summed E-state index contributed by atoms with van der Waals surface area (Å²) < 4.78 is 35.5. The number of ketones is 2. The molecule has 2 rings (SSSR count). The van der Waals surface area contributed by atoms with Crippen LogP contribution in [0.25, 0.3) is 0 Å². The van der Waals surface area contributed by atoms with Crippen LogP contribution in [-0.2, 0) is 24.2 Å². The lowest BCUT2D eigenvalue weighted by Crippen LogP contribution is -2.38. The fourth-order valence-corrected chi connectivity index (χ4v) is 4.28. The quantitative estimate of drug-likeness (QED) is 0.316. The molecule has 0 aromatic heterocycles. The van der Waals surface area contributed by atoms with Crippen molar-refractivity contribution < 1.29 is 32.3 Å². The normalized spacial score (nSPS) is 15.4. The molecule has 1 fully saturated rings. The number of sulfone groups is 1. The Hall–Kier alpha value is -1.93. The fraction of sp³-hybridized carbons (Fsp3) is 0.571. The lowest BCUT2D eigenvalue weighted by molar-refractivity contribution is -0.160. The molecule has 166 valence electrons. The summed E-state index contributed by atoms with van der Waals surface area (Å²) in [6.07, 6.45) is 1.22. The summed E-state index contributed by atoms with van der Waals surface area (Å²) in [5.74, 6) is -4.63. The van der Waals surface area contributed by atoms with Gasteiger partial charge in [0.25, 0.3) is 0 Å². The van der Waals surface area contributed by atoms with E-state index in [-0.39, 0.29) is 39.5 Å². The Morgan fingerprint density at radius 3 is 2.23 bits per heavy atom. The third kappa shape index (κ3) is 5.40. The van der Waals surface area contributed by atoms with E-state index in [1.807, 2.05) is 0 Å². The molecule has 1 atom stereocenters. The van der Waals surface area contributed by atoms with E-state index in [4.69, 9.17) is 21.1 Å². The van der Waals surface area contributed by atoms with Gasteiger partial charge in [-0.2, -0.15) is 0 Å². The van der Waals surface area contributed by atoms with Crippen LogP contribution in [0.15, 0.2) is 17.0 Å². The predicted molar refractivity (Wildman–Crippen MR) is 112 cm³/mol. The summed E-state index contributed by atoms with van der Waals surface area (Å²) in [7, 11) is -3.68. The third-order valence-electron chi connectivity index (χ3n) is 4.50. The second kappa shape index (κ2) is 9.06. The van der Waals surface area contributed by atoms with E-state index in [2.05, 4.69) is 0 Å². The monoisotopic (exact) mass is 458 g/mol. The van der Waals surface area contributed by atoms with Gasteiger partial charge >= 0.3 is 5.97 Å². The van der Waals surface area contributed by atoms with Crippen LogP contribution in [0.4, 0.5) is 0 Å². The van der Waals surface area contributed by atoms with Crippen LogP contribution < -0.4 is 4.74 Å². The van der Waals surface area contributed by atoms with Crippen molar-refractivity contribution in [3.05, 3.63) is 22.7 Å². The molecule has 0 saturated heterocycles. The summed E-state index contributed by atoms with van der Waals surface area (Å²) in [6.45, 7) is 8.15. The molecule has 0 N–H and O–H groups in total. The highest BCUT2D eigenvalue weighted by molar-refractivity contribution is 7.91. The van der Waals surface area contributed by atoms with Gasteiger partial charge in [0.05, 0.1) is 17.4 Å². The average Bonchev–Trinajstić information content (AvgIpc) is 3.46. The molecule has 0 spiro atoms. The summed E-state index contributed by atoms with van der Waals surface area (Å²) in [4.78, 5) is 38.6. The standard InChI is InChI=1S/C21H27ClO7S/c1-6-28-19-14(30(26,27)7-2)11-10-13(16(19)22)18(24)15(17(23)12-8-9-12)20(25)29-21(3,4)5/h10-12,15H,6-9H2,1-5H3. The summed E-state index contributed by atoms with van der Waals surface area (Å²) >= 11 is 6.36. The van der Waals surface area contributed by atoms with Crippen LogP contribution in [0.1, 0.15) is 57.8 Å². The molecule has 1 saturated carbocycles. The first kappa shape index (κ1) is 24.3. The smallest absolute Gasteiger partial charge is 0.325 e. The number of carbonyl (C=O) groups is 3. The zero-order valence-electron chi connectivity index (χ0n) is 17.8. The van der Waals surface area contributed by atoms with Crippen molar-refractivity contribution in [2.75, 3.05) is 12.4 Å². The number of benzene rings is 1. The summed E-state index contributed by atoms with van der Waals surface area (Å²) in [5, 5.41) is -0.242. The van der Waals surface area contributed by atoms with Crippen LogP contribution in [0.5, 0.6) is 5.75 Å². The zero-order chi connectivity index (χ0) is 22.9. The molecule has 1 aliphatic rings. The topological polar surface area (TPSA) is 104 Å². The molecule has 0 aliphatic heterocycles. The van der Waals surface area contributed by atoms with Gasteiger partial charge in [-0.05, 0) is 52.7 Å². The largest absolute Gasteiger partial charge is 0.491 e. The molecule has 0 amide bonds. The molecular formula is C21H27ClO7S. The van der Waals surface area contributed by atoms with Gasteiger partial charge in [0, 0.05) is 11.5 Å². The van der Waals surface area contributed by atoms with E-state index in [0.717, 1.165) is 0 Å². The van der Waals surface area contributed by atoms with Crippen LogP contribution in [0.2, 0.25) is 5.02 Å². The number of hydrogen-bond acceptors (Lipinski definition) is 7. The Balaban J connectivity index is 2.55. The Bertz CT molecular complexity index is 956. The number of hydrogen-bond donors (Lipinski definition) is 0. The summed E-state index contributed by atoms with van der Waals surface area (Å²) in [5.41, 5.74) is -1.04. The minimum absolute atomic E-state index is 0.111. The lowest BCUT2D eigenvalue weighted by Gasteiger charge is -2.23. The second-order valence-electron chi connectivity index (χ2n) is 8.10. The number of halogens is 1. The van der Waals surface area contributed by atoms with E-state index in [1.165, 1.54) is 19.1 Å².